The zero-order chi connectivity index (χ0) is 27.3. The topological polar surface area (TPSA) is 155 Å². The highest BCUT2D eigenvalue weighted by molar-refractivity contribution is 7.43. The molecule has 0 bridgehead atoms. The Morgan fingerprint density at radius 1 is 1.13 bits per heavy atom. The van der Waals surface area contributed by atoms with Gasteiger partial charge in [0, 0.05) is 25.1 Å². The number of benzene rings is 1. The summed E-state index contributed by atoms with van der Waals surface area (Å²) >= 11 is 7.11. The number of carbonyl (C=O) groups excluding carboxylic acids is 3. The number of rotatable bonds is 11. The van der Waals surface area contributed by atoms with Crippen LogP contribution in [0.5, 0.6) is 0 Å². The molecule has 0 unspecified atom stereocenters. The lowest BCUT2D eigenvalue weighted by molar-refractivity contribution is -0.341. The van der Waals surface area contributed by atoms with Crippen LogP contribution < -0.4 is 19.7 Å². The molecular formula is C23H24ClN4O8PS-2. The Hall–Kier alpha value is -2.80. The molecule has 3 heterocycles. The Balaban J connectivity index is 1.25. The van der Waals surface area contributed by atoms with Crippen LogP contribution in [0.4, 0.5) is 16.2 Å². The summed E-state index contributed by atoms with van der Waals surface area (Å²) in [5, 5.41) is 5.99. The Morgan fingerprint density at radius 2 is 1.87 bits per heavy atom. The minimum atomic E-state index is -5.04. The number of anilines is 2. The summed E-state index contributed by atoms with van der Waals surface area (Å²) in [6.07, 6.45) is 1.31. The van der Waals surface area contributed by atoms with Crippen molar-refractivity contribution in [3.8, 4) is 0 Å². The van der Waals surface area contributed by atoms with Crippen LogP contribution in [0.1, 0.15) is 35.4 Å². The number of thiophene rings is 1. The van der Waals surface area contributed by atoms with Gasteiger partial charge < -0.3 is 23.6 Å². The molecule has 12 nitrogen and oxygen atoms in total. The van der Waals surface area contributed by atoms with Gasteiger partial charge in [-0.15, -0.1) is 11.3 Å². The second-order valence-corrected chi connectivity index (χ2v) is 11.4. The highest BCUT2D eigenvalue weighted by atomic mass is 35.5. The fourth-order valence-electron chi connectivity index (χ4n) is 3.94. The zero-order valence-corrected chi connectivity index (χ0v) is 22.5. The first-order valence-corrected chi connectivity index (χ1v) is 14.4. The maximum absolute atomic E-state index is 12.4. The van der Waals surface area contributed by atoms with Gasteiger partial charge in [-0.25, -0.2) is 4.79 Å². The third kappa shape index (κ3) is 7.62. The quantitative estimate of drug-likeness (QED) is 0.221. The number of halogens is 1. The van der Waals surface area contributed by atoms with Gasteiger partial charge in [-0.05, 0) is 49.2 Å². The van der Waals surface area contributed by atoms with Crippen LogP contribution in [0.25, 0.3) is 0 Å². The Morgan fingerprint density at radius 3 is 2.50 bits per heavy atom. The predicted molar refractivity (Wildman–Crippen MR) is 137 cm³/mol. The Bertz CT molecular complexity index is 1250. The van der Waals surface area contributed by atoms with Crippen molar-refractivity contribution in [2.45, 2.75) is 31.8 Å². The average molecular weight is 583 g/mol. The molecule has 0 saturated carbocycles. The third-order valence-corrected chi connectivity index (χ3v) is 7.63. The number of nitrogens with zero attached hydrogens (tertiary/aromatic N) is 4. The SMILES string of the molecule is O=C(CC[C@H]1CN(c2ccc(N3CCN(C(=O)CCCOP(=O)([O-])[O-])C=N3)cc2)C(=O)O1)c1ccc(Cl)s1. The number of phosphoric acid groups is 1. The summed E-state index contributed by atoms with van der Waals surface area (Å²) in [5.41, 5.74) is 1.41. The van der Waals surface area contributed by atoms with Crippen LogP contribution in [0.2, 0.25) is 4.34 Å². The van der Waals surface area contributed by atoms with Gasteiger partial charge in [0.15, 0.2) is 5.78 Å². The highest BCUT2D eigenvalue weighted by Gasteiger charge is 2.32. The van der Waals surface area contributed by atoms with Crippen LogP contribution in [0.3, 0.4) is 0 Å². The normalized spacial score (nSPS) is 17.7. The molecule has 204 valence electrons. The van der Waals surface area contributed by atoms with Crippen molar-refractivity contribution >= 4 is 66.3 Å². The molecule has 2 aliphatic rings. The fraction of sp³-hybridized carbons (Fsp3) is 0.391. The molecule has 2 aromatic rings. The van der Waals surface area contributed by atoms with E-state index in [1.807, 2.05) is 0 Å². The largest absolute Gasteiger partial charge is 0.790 e. The van der Waals surface area contributed by atoms with Gasteiger partial charge in [-0.3, -0.25) is 24.4 Å². The summed E-state index contributed by atoms with van der Waals surface area (Å²) in [6, 6.07) is 10.5. The minimum absolute atomic E-state index is 0.0180. The number of carbonyl (C=O) groups is 3. The Kier molecular flexibility index (Phi) is 9.19. The van der Waals surface area contributed by atoms with Gasteiger partial charge in [-0.1, -0.05) is 11.6 Å². The van der Waals surface area contributed by atoms with Crippen LogP contribution in [-0.4, -0.2) is 61.4 Å². The first kappa shape index (κ1) is 28.2. The number of Topliss-reactive ketones (excluding diaryl/α,β-unsaturated/α-hetero) is 1. The lowest BCUT2D eigenvalue weighted by Crippen LogP contribution is -2.41. The molecule has 0 N–H and O–H groups in total. The average Bonchev–Trinajstić information content (AvgIpc) is 3.50. The second-order valence-electron chi connectivity index (χ2n) is 8.52. The number of hydrogen-bond acceptors (Lipinski definition) is 11. The first-order valence-electron chi connectivity index (χ1n) is 11.7. The summed E-state index contributed by atoms with van der Waals surface area (Å²) in [6.45, 7) is 0.782. The van der Waals surface area contributed by atoms with Gasteiger partial charge in [0.25, 0.3) is 0 Å². The summed E-state index contributed by atoms with van der Waals surface area (Å²) < 4.78 is 20.6. The van der Waals surface area contributed by atoms with Crippen LogP contribution >= 0.6 is 30.8 Å². The molecule has 1 fully saturated rings. The molecule has 2 amide bonds. The van der Waals surface area contributed by atoms with Crippen molar-refractivity contribution in [3.63, 3.8) is 0 Å². The molecule has 38 heavy (non-hydrogen) atoms. The van der Waals surface area contributed by atoms with Crippen molar-refractivity contribution in [2.75, 3.05) is 36.1 Å². The number of ether oxygens (including phenoxy) is 1. The van der Waals surface area contributed by atoms with Crippen LogP contribution in [-0.2, 0) is 18.6 Å². The summed E-state index contributed by atoms with van der Waals surface area (Å²) in [7, 11) is -5.04. The number of hydrazone groups is 1. The second kappa shape index (κ2) is 12.4. The van der Waals surface area contributed by atoms with E-state index in [0.29, 0.717) is 41.0 Å². The number of cyclic esters (lactones) is 1. The molecule has 0 aliphatic carbocycles. The lowest BCUT2D eigenvalue weighted by Gasteiger charge is -2.30. The predicted octanol–water partition coefficient (Wildman–Crippen LogP) is 2.61. The fourth-order valence-corrected chi connectivity index (χ4v) is 5.30. The molecule has 0 radical (unpaired) electrons. The molecular weight excluding hydrogens is 559 g/mol. The molecule has 1 aromatic carbocycles. The van der Waals surface area contributed by atoms with Crippen molar-refractivity contribution in [1.29, 1.82) is 0 Å². The Labute approximate surface area is 227 Å². The minimum Gasteiger partial charge on any atom is -0.790 e. The maximum atomic E-state index is 12.4. The van der Waals surface area contributed by atoms with Gasteiger partial charge >= 0.3 is 6.09 Å². The van der Waals surface area contributed by atoms with E-state index in [1.54, 1.807) is 41.4 Å². The summed E-state index contributed by atoms with van der Waals surface area (Å²) in [4.78, 5) is 61.4. The molecule has 0 spiro atoms. The van der Waals surface area contributed by atoms with Gasteiger partial charge in [0.1, 0.15) is 12.4 Å². The van der Waals surface area contributed by atoms with E-state index in [9.17, 15) is 28.7 Å². The van der Waals surface area contributed by atoms with E-state index in [1.165, 1.54) is 27.5 Å². The van der Waals surface area contributed by atoms with Crippen LogP contribution in [0.15, 0.2) is 41.5 Å². The van der Waals surface area contributed by atoms with E-state index in [2.05, 4.69) is 9.63 Å². The smallest absolute Gasteiger partial charge is 0.414 e. The van der Waals surface area contributed by atoms with Gasteiger partial charge in [-0.2, -0.15) is 5.10 Å². The standard InChI is InChI=1S/C23H26ClN4O8PS/c24-21-10-9-20(38-21)19(29)8-7-18-14-27(23(31)36-18)16-3-5-17(6-4-16)28-12-11-26(15-25-28)22(30)2-1-13-35-37(32,33)34/h3-6,9-10,15,18H,1-2,7-8,11-14H2,(H2,32,33,34)/p-2/t18-/m0/s1. The highest BCUT2D eigenvalue weighted by Crippen LogP contribution is 2.28. The van der Waals surface area contributed by atoms with E-state index in [0.717, 1.165) is 5.69 Å². The van der Waals surface area contributed by atoms with E-state index in [4.69, 9.17) is 16.3 Å². The molecule has 2 aliphatic heterocycles. The van der Waals surface area contributed by atoms with E-state index in [-0.39, 0.29) is 37.6 Å². The monoisotopic (exact) mass is 582 g/mol. The third-order valence-electron chi connectivity index (χ3n) is 5.86. The number of hydrogen-bond donors (Lipinski definition) is 0. The maximum Gasteiger partial charge on any atom is 0.414 e. The van der Waals surface area contributed by atoms with Crippen molar-refractivity contribution in [2.24, 2.45) is 5.10 Å². The van der Waals surface area contributed by atoms with Crippen LogP contribution in [0, 0.1) is 0 Å². The van der Waals surface area contributed by atoms with E-state index < -0.39 is 20.0 Å². The lowest BCUT2D eigenvalue weighted by atomic mass is 10.1. The number of amides is 2. The van der Waals surface area contributed by atoms with Crippen molar-refractivity contribution in [3.05, 3.63) is 45.6 Å². The van der Waals surface area contributed by atoms with E-state index >= 15 is 0 Å². The molecule has 15 heteroatoms. The molecule has 1 saturated heterocycles. The number of phosphoric ester groups is 1. The first-order chi connectivity index (χ1) is 18.1. The van der Waals surface area contributed by atoms with Crippen molar-refractivity contribution in [1.82, 2.24) is 4.90 Å². The zero-order valence-electron chi connectivity index (χ0n) is 20.1. The summed E-state index contributed by atoms with van der Waals surface area (Å²) in [5.74, 6) is -0.297. The van der Waals surface area contributed by atoms with Gasteiger partial charge in [0.05, 0.1) is 42.4 Å². The number of ketones is 1. The molecule has 1 atom stereocenters. The van der Waals surface area contributed by atoms with Crippen molar-refractivity contribution < 1.29 is 38.0 Å². The molecule has 4 rings (SSSR count). The molecule has 1 aromatic heterocycles. The van der Waals surface area contributed by atoms with Gasteiger partial charge in [0.2, 0.25) is 5.91 Å².